The Kier molecular flexibility index (Phi) is 6.15. The quantitative estimate of drug-likeness (QED) is 0.162. The van der Waals surface area contributed by atoms with Crippen LogP contribution in [0.5, 0.6) is 0 Å². The fraction of sp³-hybridized carbons (Fsp3) is 0. The van der Waals surface area contributed by atoms with Crippen molar-refractivity contribution < 1.29 is 0 Å². The average molecular weight is 681 g/mol. The highest BCUT2D eigenvalue weighted by molar-refractivity contribution is 6.26. The first-order valence-electron chi connectivity index (χ1n) is 18.8. The lowest BCUT2D eigenvalue weighted by Crippen LogP contribution is -1.88. The normalized spacial score (nSPS) is 12.1. The minimum Gasteiger partial charge on any atom is -0.0622 e. The van der Waals surface area contributed by atoms with Crippen LogP contribution in [0, 0.1) is 0 Å². The second-order valence-corrected chi connectivity index (χ2v) is 15.0. The van der Waals surface area contributed by atoms with Crippen molar-refractivity contribution in [2.24, 2.45) is 0 Å². The molecular formula is C54H32. The van der Waals surface area contributed by atoms with E-state index in [0.29, 0.717) is 0 Å². The van der Waals surface area contributed by atoms with E-state index in [2.05, 4.69) is 194 Å². The maximum atomic E-state index is 2.37. The summed E-state index contributed by atoms with van der Waals surface area (Å²) in [6.07, 6.45) is 0. The van der Waals surface area contributed by atoms with E-state index >= 15 is 0 Å². The van der Waals surface area contributed by atoms with Gasteiger partial charge in [-0.15, -0.1) is 0 Å². The van der Waals surface area contributed by atoms with Gasteiger partial charge in [0.15, 0.2) is 0 Å². The molecular weight excluding hydrogens is 649 g/mol. The van der Waals surface area contributed by atoms with E-state index < -0.39 is 0 Å². The zero-order valence-electron chi connectivity index (χ0n) is 29.5. The topological polar surface area (TPSA) is 0 Å². The predicted octanol–water partition coefficient (Wildman–Crippen LogP) is 15.3. The molecule has 0 spiro atoms. The monoisotopic (exact) mass is 680 g/mol. The summed E-state index contributed by atoms with van der Waals surface area (Å²) in [5, 5.41) is 18.2. The van der Waals surface area contributed by atoms with Gasteiger partial charge in [0.2, 0.25) is 0 Å². The highest BCUT2D eigenvalue weighted by atomic mass is 14.2. The first-order chi connectivity index (χ1) is 26.7. The Labute approximate surface area is 312 Å². The summed E-state index contributed by atoms with van der Waals surface area (Å²) in [4.78, 5) is 0. The van der Waals surface area contributed by atoms with Gasteiger partial charge >= 0.3 is 0 Å². The minimum atomic E-state index is 1.24. The first-order valence-corrected chi connectivity index (χ1v) is 18.8. The molecule has 248 valence electrons. The Bertz CT molecular complexity index is 3040. The molecule has 0 heterocycles. The first kappa shape index (κ1) is 29.5. The van der Waals surface area contributed by atoms with Crippen molar-refractivity contribution in [1.29, 1.82) is 0 Å². The molecule has 0 amide bonds. The second-order valence-electron chi connectivity index (χ2n) is 15.0. The molecule has 0 aliphatic carbocycles. The maximum absolute atomic E-state index is 2.37. The van der Waals surface area contributed by atoms with Crippen LogP contribution in [0.3, 0.4) is 0 Å². The third-order valence-corrected chi connectivity index (χ3v) is 11.8. The van der Waals surface area contributed by atoms with E-state index in [9.17, 15) is 0 Å². The van der Waals surface area contributed by atoms with Crippen LogP contribution >= 0.6 is 0 Å². The number of fused-ring (bicyclic) bond motifs is 1. The zero-order chi connectivity index (χ0) is 35.3. The van der Waals surface area contributed by atoms with Crippen LogP contribution in [-0.4, -0.2) is 0 Å². The van der Waals surface area contributed by atoms with Gasteiger partial charge in [0, 0.05) is 0 Å². The molecule has 0 fully saturated rings. The third-order valence-electron chi connectivity index (χ3n) is 11.8. The Morgan fingerprint density at radius 1 is 0.148 bits per heavy atom. The van der Waals surface area contributed by atoms with Crippen LogP contribution in [-0.2, 0) is 0 Å². The van der Waals surface area contributed by atoms with E-state index in [1.807, 2.05) is 0 Å². The van der Waals surface area contributed by atoms with Gasteiger partial charge in [-0.3, -0.25) is 0 Å². The Balaban J connectivity index is 0.912. The molecule has 0 aliphatic rings. The number of benzene rings is 12. The van der Waals surface area contributed by atoms with E-state index in [1.54, 1.807) is 0 Å². The van der Waals surface area contributed by atoms with Crippen molar-refractivity contribution in [2.45, 2.75) is 0 Å². The summed E-state index contributed by atoms with van der Waals surface area (Å²) < 4.78 is 0. The molecule has 0 nitrogen and oxygen atoms in total. The second kappa shape index (κ2) is 11.2. The van der Waals surface area contributed by atoms with E-state index in [0.717, 1.165) is 0 Å². The van der Waals surface area contributed by atoms with Gasteiger partial charge in [-0.2, -0.15) is 0 Å². The average Bonchev–Trinajstić information content (AvgIpc) is 3.24. The van der Waals surface area contributed by atoms with Crippen molar-refractivity contribution in [2.75, 3.05) is 0 Å². The molecule has 0 aromatic heterocycles. The fourth-order valence-electron chi connectivity index (χ4n) is 9.21. The lowest BCUT2D eigenvalue weighted by molar-refractivity contribution is 1.65. The van der Waals surface area contributed by atoms with Crippen molar-refractivity contribution in [3.05, 3.63) is 194 Å². The van der Waals surface area contributed by atoms with Crippen LogP contribution in [0.15, 0.2) is 194 Å². The van der Waals surface area contributed by atoms with Gasteiger partial charge in [0.25, 0.3) is 0 Å². The van der Waals surface area contributed by atoms with Crippen LogP contribution < -0.4 is 0 Å². The van der Waals surface area contributed by atoms with Gasteiger partial charge in [-0.05, 0) is 181 Å². The molecule has 0 unspecified atom stereocenters. The van der Waals surface area contributed by atoms with Gasteiger partial charge in [0.1, 0.15) is 0 Å². The minimum absolute atomic E-state index is 1.24. The molecule has 12 rings (SSSR count). The molecule has 0 saturated heterocycles. The summed E-state index contributed by atoms with van der Waals surface area (Å²) in [6.45, 7) is 0. The van der Waals surface area contributed by atoms with Gasteiger partial charge in [-0.25, -0.2) is 0 Å². The summed E-state index contributed by atoms with van der Waals surface area (Å²) in [5.41, 5.74) is 10.0. The summed E-state index contributed by atoms with van der Waals surface area (Å²) in [7, 11) is 0. The Hall–Kier alpha value is -7.02. The number of hydrogen-bond acceptors (Lipinski definition) is 0. The molecule has 0 aliphatic heterocycles. The summed E-state index contributed by atoms with van der Waals surface area (Å²) in [5.74, 6) is 0. The number of rotatable bonds is 4. The predicted molar refractivity (Wildman–Crippen MR) is 233 cm³/mol. The SMILES string of the molecule is c1ccc(-c2cc3ccc4cc(-c5ccc6cc(-c7cc8ccc9cc(-c%10ccccc%10)cc%10ccc(c7)c8c9%10)ccc6c5)cc5ccc(c2)c3c45)cc1. The van der Waals surface area contributed by atoms with Crippen LogP contribution in [0.4, 0.5) is 0 Å². The maximum Gasteiger partial charge on any atom is -0.00264 e. The molecule has 12 aromatic carbocycles. The molecule has 0 saturated carbocycles. The molecule has 0 N–H and O–H groups in total. The lowest BCUT2D eigenvalue weighted by atomic mass is 9.88. The molecule has 0 radical (unpaired) electrons. The lowest BCUT2D eigenvalue weighted by Gasteiger charge is -2.15. The summed E-state index contributed by atoms with van der Waals surface area (Å²) >= 11 is 0. The van der Waals surface area contributed by atoms with Crippen LogP contribution in [0.2, 0.25) is 0 Å². The van der Waals surface area contributed by atoms with E-state index in [-0.39, 0.29) is 0 Å². The Morgan fingerprint density at radius 3 is 0.648 bits per heavy atom. The standard InChI is InChI=1S/C54H32/c1-3-7-33(8-4-1)47-25-39-15-19-43-29-49(30-44-20-16-40(26-47)51(39)53(43)44)37-13-11-36-24-38(14-12-35(36)23-37)50-31-45-21-17-41-27-48(34-9-5-2-6-10-34)28-42-18-22-46(32-50)54(45)52(41)42/h1-32H. The molecule has 0 bridgehead atoms. The van der Waals surface area contributed by atoms with Crippen molar-refractivity contribution in [3.8, 4) is 44.5 Å². The molecule has 12 aromatic rings. The molecule has 0 heteroatoms. The highest BCUT2D eigenvalue weighted by Gasteiger charge is 2.15. The van der Waals surface area contributed by atoms with Crippen molar-refractivity contribution in [3.63, 3.8) is 0 Å². The highest BCUT2D eigenvalue weighted by Crippen LogP contribution is 2.42. The van der Waals surface area contributed by atoms with Crippen molar-refractivity contribution >= 4 is 75.4 Å². The Morgan fingerprint density at radius 2 is 0.370 bits per heavy atom. The van der Waals surface area contributed by atoms with Gasteiger partial charge < -0.3 is 0 Å². The number of hydrogen-bond donors (Lipinski definition) is 0. The van der Waals surface area contributed by atoms with Gasteiger partial charge in [0.05, 0.1) is 0 Å². The zero-order valence-corrected chi connectivity index (χ0v) is 29.5. The van der Waals surface area contributed by atoms with Crippen molar-refractivity contribution in [1.82, 2.24) is 0 Å². The van der Waals surface area contributed by atoms with Crippen LogP contribution in [0.1, 0.15) is 0 Å². The third kappa shape index (κ3) is 4.50. The molecule has 0 atom stereocenters. The van der Waals surface area contributed by atoms with Crippen LogP contribution in [0.25, 0.3) is 120 Å². The van der Waals surface area contributed by atoms with E-state index in [1.165, 1.54) is 120 Å². The smallest absolute Gasteiger partial charge is 0.00264 e. The largest absolute Gasteiger partial charge is 0.0622 e. The van der Waals surface area contributed by atoms with E-state index in [4.69, 9.17) is 0 Å². The molecule has 54 heavy (non-hydrogen) atoms. The fourth-order valence-corrected chi connectivity index (χ4v) is 9.21. The summed E-state index contributed by atoms with van der Waals surface area (Å²) in [6, 6.07) is 72.4. The van der Waals surface area contributed by atoms with Gasteiger partial charge in [-0.1, -0.05) is 133 Å².